The van der Waals surface area contributed by atoms with E-state index in [9.17, 15) is 0 Å². The van der Waals surface area contributed by atoms with E-state index in [1.54, 1.807) is 0 Å². The molecule has 0 aliphatic carbocycles. The minimum Gasteiger partial charge on any atom is -0.399 e. The van der Waals surface area contributed by atoms with Crippen LogP contribution in [0.15, 0.2) is 18.2 Å². The summed E-state index contributed by atoms with van der Waals surface area (Å²) in [4.78, 5) is 2.55. The summed E-state index contributed by atoms with van der Waals surface area (Å²) in [7, 11) is 0. The highest BCUT2D eigenvalue weighted by atomic mass is 15.1. The Balaban J connectivity index is 1.90. The maximum absolute atomic E-state index is 5.80. The van der Waals surface area contributed by atoms with Crippen molar-refractivity contribution in [1.82, 2.24) is 4.90 Å². The molecule has 15 heavy (non-hydrogen) atoms. The number of rotatable bonds is 3. The molecule has 2 N–H and O–H groups in total. The van der Waals surface area contributed by atoms with Crippen molar-refractivity contribution in [3.63, 3.8) is 0 Å². The van der Waals surface area contributed by atoms with E-state index in [4.69, 9.17) is 5.73 Å². The summed E-state index contributed by atoms with van der Waals surface area (Å²) in [5, 5.41) is 0. The van der Waals surface area contributed by atoms with Gasteiger partial charge in [-0.25, -0.2) is 0 Å². The van der Waals surface area contributed by atoms with Crippen LogP contribution in [0.1, 0.15) is 24.0 Å². The van der Waals surface area contributed by atoms with Crippen molar-refractivity contribution in [1.29, 1.82) is 0 Å². The molecule has 1 saturated heterocycles. The lowest BCUT2D eigenvalue weighted by Gasteiger charge is -2.14. The SMILES string of the molecule is Cc1cc(CCN2CCCC2)ccc1N. The molecule has 0 amide bonds. The molecule has 0 unspecified atom stereocenters. The van der Waals surface area contributed by atoms with Crippen LogP contribution in [0.5, 0.6) is 0 Å². The highest BCUT2D eigenvalue weighted by molar-refractivity contribution is 5.47. The summed E-state index contributed by atoms with van der Waals surface area (Å²) in [5.74, 6) is 0. The van der Waals surface area contributed by atoms with Gasteiger partial charge in [-0.1, -0.05) is 12.1 Å². The van der Waals surface area contributed by atoms with E-state index in [2.05, 4.69) is 24.0 Å². The van der Waals surface area contributed by atoms with Gasteiger partial charge in [0.05, 0.1) is 0 Å². The van der Waals surface area contributed by atoms with Crippen LogP contribution in [0.4, 0.5) is 5.69 Å². The number of hydrogen-bond donors (Lipinski definition) is 1. The molecule has 1 heterocycles. The van der Waals surface area contributed by atoms with Crippen LogP contribution in [-0.4, -0.2) is 24.5 Å². The second kappa shape index (κ2) is 4.67. The lowest BCUT2D eigenvalue weighted by Crippen LogP contribution is -2.21. The Kier molecular flexibility index (Phi) is 3.27. The zero-order chi connectivity index (χ0) is 10.7. The fourth-order valence-corrected chi connectivity index (χ4v) is 2.19. The van der Waals surface area contributed by atoms with Gasteiger partial charge in [0.1, 0.15) is 0 Å². The largest absolute Gasteiger partial charge is 0.399 e. The molecular formula is C13H20N2. The third kappa shape index (κ3) is 2.72. The third-order valence-corrected chi connectivity index (χ3v) is 3.25. The summed E-state index contributed by atoms with van der Waals surface area (Å²) in [5.41, 5.74) is 9.31. The van der Waals surface area contributed by atoms with Crippen LogP contribution in [0.3, 0.4) is 0 Å². The second-order valence-electron chi connectivity index (χ2n) is 4.49. The molecule has 0 aromatic heterocycles. The topological polar surface area (TPSA) is 29.3 Å². The zero-order valence-electron chi connectivity index (χ0n) is 9.50. The standard InChI is InChI=1S/C13H20N2/c1-11-10-12(4-5-13(11)14)6-9-15-7-2-3-8-15/h4-5,10H,2-3,6-9,14H2,1H3. The van der Waals surface area contributed by atoms with Crippen molar-refractivity contribution >= 4 is 5.69 Å². The molecule has 2 heteroatoms. The van der Waals surface area contributed by atoms with Crippen LogP contribution in [0.2, 0.25) is 0 Å². The predicted octanol–water partition coefficient (Wildman–Crippen LogP) is 2.22. The van der Waals surface area contributed by atoms with Crippen LogP contribution in [-0.2, 0) is 6.42 Å². The number of nitrogens with two attached hydrogens (primary N) is 1. The van der Waals surface area contributed by atoms with E-state index in [0.717, 1.165) is 12.1 Å². The number of hydrogen-bond acceptors (Lipinski definition) is 2. The van der Waals surface area contributed by atoms with Crippen molar-refractivity contribution in [3.8, 4) is 0 Å². The third-order valence-electron chi connectivity index (χ3n) is 3.25. The van der Waals surface area contributed by atoms with Crippen molar-refractivity contribution in [3.05, 3.63) is 29.3 Å². The van der Waals surface area contributed by atoms with E-state index >= 15 is 0 Å². The summed E-state index contributed by atoms with van der Waals surface area (Å²) < 4.78 is 0. The monoisotopic (exact) mass is 204 g/mol. The van der Waals surface area contributed by atoms with Crippen LogP contribution in [0, 0.1) is 6.92 Å². The van der Waals surface area contributed by atoms with E-state index in [1.807, 2.05) is 6.07 Å². The molecular weight excluding hydrogens is 184 g/mol. The molecule has 0 atom stereocenters. The molecule has 82 valence electrons. The van der Waals surface area contributed by atoms with Gasteiger partial charge in [0.25, 0.3) is 0 Å². The Labute approximate surface area is 92.1 Å². The Morgan fingerprint density at radius 3 is 2.67 bits per heavy atom. The Bertz CT molecular complexity index is 327. The number of likely N-dealkylation sites (tertiary alicyclic amines) is 1. The lowest BCUT2D eigenvalue weighted by atomic mass is 10.1. The summed E-state index contributed by atoms with van der Waals surface area (Å²) in [6.45, 7) is 5.85. The quantitative estimate of drug-likeness (QED) is 0.765. The first-order valence-electron chi connectivity index (χ1n) is 5.83. The van der Waals surface area contributed by atoms with Crippen LogP contribution < -0.4 is 5.73 Å². The molecule has 1 aliphatic rings. The van der Waals surface area contributed by atoms with Gasteiger partial charge in [-0.05, 0) is 56.5 Å². The molecule has 0 bridgehead atoms. The lowest BCUT2D eigenvalue weighted by molar-refractivity contribution is 0.343. The summed E-state index contributed by atoms with van der Waals surface area (Å²) >= 11 is 0. The number of nitrogens with zero attached hydrogens (tertiary/aromatic N) is 1. The van der Waals surface area contributed by atoms with Gasteiger partial charge >= 0.3 is 0 Å². The van der Waals surface area contributed by atoms with Gasteiger partial charge in [-0.2, -0.15) is 0 Å². The summed E-state index contributed by atoms with van der Waals surface area (Å²) in [6, 6.07) is 6.39. The number of nitrogen functional groups attached to an aromatic ring is 1. The molecule has 2 nitrogen and oxygen atoms in total. The Morgan fingerprint density at radius 1 is 1.27 bits per heavy atom. The smallest absolute Gasteiger partial charge is 0.0343 e. The Morgan fingerprint density at radius 2 is 2.00 bits per heavy atom. The first-order valence-corrected chi connectivity index (χ1v) is 5.83. The maximum atomic E-state index is 5.80. The van der Waals surface area contributed by atoms with Crippen molar-refractivity contribution in [2.75, 3.05) is 25.4 Å². The van der Waals surface area contributed by atoms with E-state index < -0.39 is 0 Å². The van der Waals surface area contributed by atoms with Crippen LogP contribution >= 0.6 is 0 Å². The number of anilines is 1. The zero-order valence-corrected chi connectivity index (χ0v) is 9.50. The molecule has 0 spiro atoms. The minimum absolute atomic E-state index is 0.903. The molecule has 1 aromatic carbocycles. The van der Waals surface area contributed by atoms with E-state index in [1.165, 1.54) is 43.6 Å². The summed E-state index contributed by atoms with van der Waals surface area (Å²) in [6.07, 6.45) is 3.91. The fourth-order valence-electron chi connectivity index (χ4n) is 2.19. The maximum Gasteiger partial charge on any atom is 0.0343 e. The fraction of sp³-hybridized carbons (Fsp3) is 0.538. The first kappa shape index (κ1) is 10.5. The van der Waals surface area contributed by atoms with E-state index in [-0.39, 0.29) is 0 Å². The van der Waals surface area contributed by atoms with E-state index in [0.29, 0.717) is 0 Å². The van der Waals surface area contributed by atoms with Crippen LogP contribution in [0.25, 0.3) is 0 Å². The average Bonchev–Trinajstić information content (AvgIpc) is 2.73. The van der Waals surface area contributed by atoms with Gasteiger partial charge in [-0.15, -0.1) is 0 Å². The van der Waals surface area contributed by atoms with Crippen molar-refractivity contribution in [2.24, 2.45) is 0 Å². The Hall–Kier alpha value is -1.02. The molecule has 2 rings (SSSR count). The van der Waals surface area contributed by atoms with Crippen molar-refractivity contribution in [2.45, 2.75) is 26.2 Å². The normalized spacial score (nSPS) is 17.1. The van der Waals surface area contributed by atoms with Gasteiger partial charge in [0.2, 0.25) is 0 Å². The first-order chi connectivity index (χ1) is 7.25. The van der Waals surface area contributed by atoms with Gasteiger partial charge in [-0.3, -0.25) is 0 Å². The second-order valence-corrected chi connectivity index (χ2v) is 4.49. The number of aryl methyl sites for hydroxylation is 1. The molecule has 1 aliphatic heterocycles. The highest BCUT2D eigenvalue weighted by Crippen LogP contribution is 2.14. The predicted molar refractivity (Wildman–Crippen MR) is 65.0 cm³/mol. The minimum atomic E-state index is 0.903. The van der Waals surface area contributed by atoms with Gasteiger partial charge in [0, 0.05) is 12.2 Å². The average molecular weight is 204 g/mol. The molecule has 0 saturated carbocycles. The molecule has 1 fully saturated rings. The van der Waals surface area contributed by atoms with Crippen molar-refractivity contribution < 1.29 is 0 Å². The van der Waals surface area contributed by atoms with Gasteiger partial charge in [0.15, 0.2) is 0 Å². The molecule has 1 aromatic rings. The molecule has 0 radical (unpaired) electrons. The van der Waals surface area contributed by atoms with Gasteiger partial charge < -0.3 is 10.6 Å². The number of benzene rings is 1. The highest BCUT2D eigenvalue weighted by Gasteiger charge is 2.10.